The zero-order valence-corrected chi connectivity index (χ0v) is 70.9. The predicted molar refractivity (Wildman–Crippen MR) is 415 cm³/mol. The molecule has 0 saturated carbocycles. The minimum atomic E-state index is -1.11. The summed E-state index contributed by atoms with van der Waals surface area (Å²) in [7, 11) is 0. The minimum Gasteiger partial charge on any atom is -0.461 e. The number of ether oxygens (including phenoxy) is 2. The number of nitrogens with two attached hydrogens (primary N) is 1. The molecule has 0 heterocycles. The Labute approximate surface area is 676 Å². The van der Waals surface area contributed by atoms with Crippen molar-refractivity contribution in [2.45, 2.75) is 101 Å². The first kappa shape index (κ1) is 95.2. The second-order valence-corrected chi connectivity index (χ2v) is 29.7. The van der Waals surface area contributed by atoms with Gasteiger partial charge in [-0.25, -0.2) is 0 Å². The standard InChI is InChI=1S/C19H26I3N3O9.C17H24I3N3O8.C13H10Cl2I3NO5.C3H9NO2/c1-7(34-8(2)30)17(25-33)11-14(20)12(18(31)23-9(3-26)4-27)16(22)13(15(11)21)19(32)24-10(5-28)6-29;1-6(28)15(23-31)9-12(18)10(16(29)21-7(2-24)3-25)14(20)11(13(9)19)17(30)22-8(4-26)5-27;1-3(24-4(2)20)11(19-23)5-8(16)6(12(14)21)10(18)7(9(5)17)13(15)22;4-3(1-5)2-6/h7,9-10,17,25-29,33H,3-6H2,1-2H3,(H,23,31)(H,24,32);6-8,15,23-28,31H,2-5H2,1H3,(H,21,29)(H,22,30);3,11,19,23H,1-2H3;3,5-6H,1-2,4H2/t7-,17?;6-,15?;3-,11?;/m000./s1. The fraction of sp³-hybridized carbons (Fsp3) is 0.500. The van der Waals surface area contributed by atoms with E-state index in [0.29, 0.717) is 30.6 Å². The van der Waals surface area contributed by atoms with E-state index in [1.165, 1.54) is 27.7 Å². The van der Waals surface area contributed by atoms with Crippen molar-refractivity contribution < 1.29 is 120 Å². The number of aliphatic hydroxyl groups is 11. The highest BCUT2D eigenvalue weighted by Gasteiger charge is 2.38. The largest absolute Gasteiger partial charge is 0.461 e. The van der Waals surface area contributed by atoms with Crippen LogP contribution in [0.5, 0.6) is 0 Å². The molecule has 0 radical (unpaired) electrons. The van der Waals surface area contributed by atoms with E-state index >= 15 is 0 Å². The first-order valence-electron chi connectivity index (χ1n) is 26.7. The summed E-state index contributed by atoms with van der Waals surface area (Å²) in [4.78, 5) is 98.5. The Morgan fingerprint density at radius 3 is 0.737 bits per heavy atom. The third-order valence-corrected chi connectivity index (χ3v) is 22.7. The number of benzene rings is 3. The Hall–Kier alpha value is 0.250. The fourth-order valence-corrected chi connectivity index (χ4v) is 23.0. The molecular formula is C52H69Cl2I9N8O24. The van der Waals surface area contributed by atoms with Crippen LogP contribution in [0.1, 0.15) is 132 Å². The maximum Gasteiger partial charge on any atom is 0.302 e. The molecule has 3 rings (SSSR count). The van der Waals surface area contributed by atoms with Gasteiger partial charge in [0.1, 0.15) is 12.2 Å². The molecule has 3 unspecified atom stereocenters. The van der Waals surface area contributed by atoms with Crippen molar-refractivity contribution in [1.82, 2.24) is 37.7 Å². The van der Waals surface area contributed by atoms with Crippen molar-refractivity contribution in [3.63, 3.8) is 0 Å². The fourth-order valence-electron chi connectivity index (χ4n) is 7.58. The van der Waals surface area contributed by atoms with E-state index in [4.69, 9.17) is 48.6 Å². The van der Waals surface area contributed by atoms with Crippen LogP contribution >= 0.6 is 227 Å². The SMILES string of the molecule is CC(=O)O[C@@H](C)C(NO)c1c(I)c(C(=O)Cl)c(I)c(C(=O)Cl)c1I.CC(=O)O[C@@H](C)C(NO)c1c(I)c(C(=O)NC(CO)CO)c(I)c(C(=O)NC(CO)CO)c1I.C[C@H](O)C(NO)c1c(I)c(C(=O)NC(CO)CO)c(I)c(C(=O)NC(CO)CO)c1I.NC(CO)CO. The summed E-state index contributed by atoms with van der Waals surface area (Å²) in [6.07, 6.45) is -2.81. The van der Waals surface area contributed by atoms with Gasteiger partial charge < -0.3 is 108 Å². The van der Waals surface area contributed by atoms with Gasteiger partial charge in [-0.1, -0.05) is 0 Å². The molecule has 0 spiro atoms. The summed E-state index contributed by atoms with van der Waals surface area (Å²) in [5.41, 5.74) is 12.4. The lowest BCUT2D eigenvalue weighted by Crippen LogP contribution is -2.43. The van der Waals surface area contributed by atoms with Crippen LogP contribution in [0.15, 0.2) is 0 Å². The lowest BCUT2D eigenvalue weighted by atomic mass is 9.96. The number of aliphatic hydroxyl groups excluding tert-OH is 11. The van der Waals surface area contributed by atoms with E-state index < -0.39 is 166 Å². The first-order chi connectivity index (χ1) is 44.4. The smallest absolute Gasteiger partial charge is 0.302 e. The Kier molecular flexibility index (Phi) is 48.4. The van der Waals surface area contributed by atoms with Crippen LogP contribution in [0.25, 0.3) is 0 Å². The summed E-state index contributed by atoms with van der Waals surface area (Å²) in [6.45, 7) is 2.47. The zero-order chi connectivity index (χ0) is 73.8. The van der Waals surface area contributed by atoms with Gasteiger partial charge in [-0.05, 0) is 247 Å². The number of hydrogen-bond donors (Lipinski definition) is 22. The van der Waals surface area contributed by atoms with E-state index in [0.717, 1.165) is 0 Å². The monoisotopic (exact) mass is 2400 g/mol. The molecule has 4 amide bonds. The van der Waals surface area contributed by atoms with Gasteiger partial charge in [0.15, 0.2) is 0 Å². The van der Waals surface area contributed by atoms with Crippen LogP contribution in [0.4, 0.5) is 0 Å². The van der Waals surface area contributed by atoms with Crippen LogP contribution in [-0.2, 0) is 19.1 Å². The minimum absolute atomic E-state index is 0.0217. The molecule has 43 heteroatoms. The van der Waals surface area contributed by atoms with Gasteiger partial charge in [-0.3, -0.25) is 38.4 Å². The van der Waals surface area contributed by atoms with Crippen molar-refractivity contribution in [1.29, 1.82) is 0 Å². The van der Waals surface area contributed by atoms with Crippen molar-refractivity contribution in [3.05, 3.63) is 82.2 Å². The second kappa shape index (κ2) is 48.3. The van der Waals surface area contributed by atoms with Crippen molar-refractivity contribution >= 4 is 273 Å². The summed E-state index contributed by atoms with van der Waals surface area (Å²) in [5, 5.41) is 138. The highest BCUT2D eigenvalue weighted by atomic mass is 127. The molecule has 0 aromatic heterocycles. The van der Waals surface area contributed by atoms with Crippen LogP contribution in [0.2, 0.25) is 0 Å². The van der Waals surface area contributed by atoms with E-state index in [1.807, 2.05) is 186 Å². The number of nitrogens with one attached hydrogen (secondary N) is 7. The van der Waals surface area contributed by atoms with Gasteiger partial charge in [0.05, 0.1) is 154 Å². The van der Waals surface area contributed by atoms with E-state index in [-0.39, 0.29) is 64.9 Å². The Morgan fingerprint density at radius 1 is 0.379 bits per heavy atom. The maximum absolute atomic E-state index is 13.1. The van der Waals surface area contributed by atoms with E-state index in [1.54, 1.807) is 29.5 Å². The summed E-state index contributed by atoms with van der Waals surface area (Å²) in [6, 6.07) is -7.23. The second-order valence-electron chi connectivity index (χ2n) is 19.3. The van der Waals surface area contributed by atoms with Crippen LogP contribution in [0, 0.1) is 32.1 Å². The number of carbonyl (C=O) groups is 8. The number of amides is 4. The number of rotatable bonds is 31. The molecule has 0 aliphatic heterocycles. The van der Waals surface area contributed by atoms with Crippen molar-refractivity contribution in [3.8, 4) is 0 Å². The van der Waals surface area contributed by atoms with Crippen LogP contribution in [0.3, 0.4) is 0 Å². The van der Waals surface area contributed by atoms with Crippen molar-refractivity contribution in [2.75, 3.05) is 66.1 Å². The number of hydrogen-bond acceptors (Lipinski definition) is 28. The molecule has 95 heavy (non-hydrogen) atoms. The normalized spacial score (nSPS) is 13.1. The number of hydroxylamine groups is 3. The molecule has 0 saturated heterocycles. The van der Waals surface area contributed by atoms with Gasteiger partial charge in [-0.15, -0.1) is 0 Å². The van der Waals surface area contributed by atoms with Gasteiger partial charge >= 0.3 is 11.9 Å². The number of esters is 2. The average molecular weight is 2400 g/mol. The van der Waals surface area contributed by atoms with Crippen LogP contribution < -0.4 is 43.4 Å². The third-order valence-electron chi connectivity index (χ3n) is 12.4. The highest BCUT2D eigenvalue weighted by Crippen LogP contribution is 2.41. The molecule has 0 aliphatic rings. The predicted octanol–water partition coefficient (Wildman–Crippen LogP) is 1.23. The molecule has 0 fully saturated rings. The van der Waals surface area contributed by atoms with E-state index in [2.05, 4.69) is 32.2 Å². The summed E-state index contributed by atoms with van der Waals surface area (Å²) >= 11 is 28.0. The summed E-state index contributed by atoms with van der Waals surface area (Å²) < 4.78 is 13.2. The average Bonchev–Trinajstić information content (AvgIpc) is 0.776. The molecule has 0 bridgehead atoms. The maximum atomic E-state index is 13.1. The quantitative estimate of drug-likeness (QED) is 0.0186. The third kappa shape index (κ3) is 27.7. The molecule has 23 N–H and O–H groups in total. The Bertz CT molecular complexity index is 2970. The molecule has 3 aromatic carbocycles. The van der Waals surface area contributed by atoms with E-state index in [9.17, 15) is 99.9 Å². The Balaban J connectivity index is 0.00000135. The molecular weight excluding hydrogens is 2330 g/mol. The number of halogens is 11. The lowest BCUT2D eigenvalue weighted by molar-refractivity contribution is -0.149. The van der Waals surface area contributed by atoms with Gasteiger partial charge in [0, 0.05) is 62.7 Å². The van der Waals surface area contributed by atoms with Gasteiger partial charge in [0.2, 0.25) is 0 Å². The molecule has 6 atom stereocenters. The van der Waals surface area contributed by atoms with Crippen LogP contribution in [-0.4, -0.2) is 232 Å². The molecule has 3 aromatic rings. The lowest BCUT2D eigenvalue weighted by Gasteiger charge is -2.28. The topological polar surface area (TPSA) is 548 Å². The van der Waals surface area contributed by atoms with Crippen molar-refractivity contribution in [2.24, 2.45) is 5.73 Å². The summed E-state index contributed by atoms with van der Waals surface area (Å²) in [5.74, 6) is -3.92. The Morgan fingerprint density at radius 2 is 0.579 bits per heavy atom. The first-order valence-corrected chi connectivity index (χ1v) is 37.2. The number of carbonyl (C=O) groups excluding carboxylic acids is 8. The molecule has 538 valence electrons. The highest BCUT2D eigenvalue weighted by molar-refractivity contribution is 14.1. The van der Waals surface area contributed by atoms with Gasteiger partial charge in [-0.2, -0.15) is 16.4 Å². The molecule has 0 aliphatic carbocycles. The molecule has 32 nitrogen and oxygen atoms in total. The zero-order valence-electron chi connectivity index (χ0n) is 50.0. The van der Waals surface area contributed by atoms with Gasteiger partial charge in [0.25, 0.3) is 34.1 Å².